The molecule has 4 rings (SSSR count). The second-order valence-corrected chi connectivity index (χ2v) is 5.86. The number of nitrogens with one attached hydrogen (secondary N) is 1. The highest BCUT2D eigenvalue weighted by Gasteiger charge is 2.18. The summed E-state index contributed by atoms with van der Waals surface area (Å²) in [5, 5.41) is 3.05. The molecule has 22 heavy (non-hydrogen) atoms. The van der Waals surface area contributed by atoms with Crippen molar-refractivity contribution in [3.05, 3.63) is 35.1 Å². The van der Waals surface area contributed by atoms with Gasteiger partial charge >= 0.3 is 0 Å². The normalized spacial score (nSPS) is 11.4. The van der Waals surface area contributed by atoms with Crippen LogP contribution >= 0.6 is 15.9 Å². The van der Waals surface area contributed by atoms with E-state index in [1.165, 1.54) is 0 Å². The Hall–Kier alpha value is -2.41. The molecular weight excluding hydrogens is 346 g/mol. The molecule has 0 bridgehead atoms. The lowest BCUT2D eigenvalue weighted by molar-refractivity contribution is 0.608. The molecule has 6 nitrogen and oxygen atoms in total. The number of aryl methyl sites for hydroxylation is 1. The zero-order valence-electron chi connectivity index (χ0n) is 12.0. The Morgan fingerprint density at radius 2 is 2.09 bits per heavy atom. The largest absolute Gasteiger partial charge is 0.418 e. The van der Waals surface area contributed by atoms with Gasteiger partial charge in [0.2, 0.25) is 5.89 Å². The number of nitrogens with zero attached hydrogens (tertiary/aromatic N) is 4. The molecule has 0 spiro atoms. The van der Waals surface area contributed by atoms with Crippen molar-refractivity contribution in [3.63, 3.8) is 0 Å². The lowest BCUT2D eigenvalue weighted by Crippen LogP contribution is -1.95. The Morgan fingerprint density at radius 1 is 1.23 bits per heavy atom. The number of hydrogen-bond donors (Lipinski definition) is 1. The molecular formula is C15H12BrN5O. The van der Waals surface area contributed by atoms with Gasteiger partial charge in [0.25, 0.3) is 5.71 Å². The molecule has 1 aromatic carbocycles. The SMILES string of the molecule is CNc1nc2oc(-c3cccc(Br)c3)nc2c2c1ncn2C. The van der Waals surface area contributed by atoms with Gasteiger partial charge in [0, 0.05) is 24.1 Å². The van der Waals surface area contributed by atoms with Gasteiger partial charge in [-0.05, 0) is 18.2 Å². The highest BCUT2D eigenvalue weighted by molar-refractivity contribution is 9.10. The Morgan fingerprint density at radius 3 is 2.86 bits per heavy atom. The molecule has 0 unspecified atom stereocenters. The molecule has 0 fully saturated rings. The number of aromatic nitrogens is 4. The van der Waals surface area contributed by atoms with E-state index >= 15 is 0 Å². The van der Waals surface area contributed by atoms with Crippen LogP contribution < -0.4 is 5.32 Å². The fourth-order valence-corrected chi connectivity index (χ4v) is 2.90. The first-order valence-electron chi connectivity index (χ1n) is 6.72. The van der Waals surface area contributed by atoms with Crippen LogP contribution in [0.4, 0.5) is 5.82 Å². The molecule has 0 saturated carbocycles. The van der Waals surface area contributed by atoms with E-state index in [1.807, 2.05) is 42.9 Å². The number of benzene rings is 1. The van der Waals surface area contributed by atoms with Crippen LogP contribution in [-0.4, -0.2) is 26.6 Å². The molecule has 0 aliphatic carbocycles. The van der Waals surface area contributed by atoms with Gasteiger partial charge in [0.05, 0.1) is 6.33 Å². The minimum atomic E-state index is 0.496. The second kappa shape index (κ2) is 4.81. The Labute approximate surface area is 134 Å². The number of oxazole rings is 1. The lowest BCUT2D eigenvalue weighted by atomic mass is 10.2. The molecule has 0 aliphatic rings. The topological polar surface area (TPSA) is 68.8 Å². The van der Waals surface area contributed by atoms with Gasteiger partial charge in [0.1, 0.15) is 11.0 Å². The third kappa shape index (κ3) is 1.89. The smallest absolute Gasteiger partial charge is 0.251 e. The van der Waals surface area contributed by atoms with Gasteiger partial charge in [-0.15, -0.1) is 0 Å². The summed E-state index contributed by atoms with van der Waals surface area (Å²) in [5.74, 6) is 1.22. The van der Waals surface area contributed by atoms with Crippen molar-refractivity contribution in [3.8, 4) is 11.5 Å². The molecule has 110 valence electrons. The molecule has 0 radical (unpaired) electrons. The van der Waals surface area contributed by atoms with Crippen molar-refractivity contribution >= 4 is 44.0 Å². The zero-order chi connectivity index (χ0) is 15.3. The molecule has 7 heteroatoms. The van der Waals surface area contributed by atoms with Crippen LogP contribution in [0.25, 0.3) is 33.7 Å². The van der Waals surface area contributed by atoms with Crippen LogP contribution in [0.3, 0.4) is 0 Å². The number of imidazole rings is 1. The van der Waals surface area contributed by atoms with E-state index in [2.05, 4.69) is 36.2 Å². The van der Waals surface area contributed by atoms with Gasteiger partial charge < -0.3 is 14.3 Å². The first-order chi connectivity index (χ1) is 10.7. The minimum absolute atomic E-state index is 0.496. The third-order valence-electron chi connectivity index (χ3n) is 3.52. The summed E-state index contributed by atoms with van der Waals surface area (Å²) in [7, 11) is 3.75. The average molecular weight is 358 g/mol. The zero-order valence-corrected chi connectivity index (χ0v) is 13.5. The van der Waals surface area contributed by atoms with E-state index < -0.39 is 0 Å². The fraction of sp³-hybridized carbons (Fsp3) is 0.133. The van der Waals surface area contributed by atoms with Crippen molar-refractivity contribution in [2.24, 2.45) is 7.05 Å². The number of fused-ring (bicyclic) bond motifs is 3. The van der Waals surface area contributed by atoms with Crippen LogP contribution in [0.2, 0.25) is 0 Å². The second-order valence-electron chi connectivity index (χ2n) is 4.95. The number of rotatable bonds is 2. The van der Waals surface area contributed by atoms with E-state index in [0.29, 0.717) is 22.9 Å². The first kappa shape index (κ1) is 13.3. The minimum Gasteiger partial charge on any atom is -0.418 e. The molecule has 3 heterocycles. The highest BCUT2D eigenvalue weighted by Crippen LogP contribution is 2.31. The summed E-state index contributed by atoms with van der Waals surface area (Å²) in [4.78, 5) is 13.5. The van der Waals surface area contributed by atoms with E-state index in [4.69, 9.17) is 4.42 Å². The van der Waals surface area contributed by atoms with Gasteiger partial charge in [0.15, 0.2) is 11.3 Å². The van der Waals surface area contributed by atoms with Crippen LogP contribution in [0, 0.1) is 0 Å². The Balaban J connectivity index is 2.05. The Bertz CT molecular complexity index is 1000. The number of anilines is 1. The third-order valence-corrected chi connectivity index (χ3v) is 4.01. The van der Waals surface area contributed by atoms with Crippen molar-refractivity contribution in [1.29, 1.82) is 0 Å². The van der Waals surface area contributed by atoms with E-state index in [1.54, 1.807) is 6.33 Å². The van der Waals surface area contributed by atoms with Crippen LogP contribution in [0.15, 0.2) is 39.5 Å². The summed E-state index contributed by atoms with van der Waals surface area (Å²) in [6.07, 6.45) is 1.75. The summed E-state index contributed by atoms with van der Waals surface area (Å²) in [6, 6.07) is 7.82. The first-order valence-corrected chi connectivity index (χ1v) is 7.52. The average Bonchev–Trinajstić information content (AvgIpc) is 3.10. The molecule has 1 N–H and O–H groups in total. The summed E-state index contributed by atoms with van der Waals surface area (Å²) < 4.78 is 8.76. The fourth-order valence-electron chi connectivity index (χ4n) is 2.50. The molecule has 0 saturated heterocycles. The van der Waals surface area contributed by atoms with Gasteiger partial charge in [-0.1, -0.05) is 22.0 Å². The monoisotopic (exact) mass is 357 g/mol. The van der Waals surface area contributed by atoms with E-state index in [9.17, 15) is 0 Å². The number of halogens is 1. The van der Waals surface area contributed by atoms with Gasteiger partial charge in [-0.2, -0.15) is 4.98 Å². The molecule has 0 atom stereocenters. The number of hydrogen-bond acceptors (Lipinski definition) is 5. The maximum atomic E-state index is 5.86. The van der Waals surface area contributed by atoms with Crippen molar-refractivity contribution in [1.82, 2.24) is 19.5 Å². The van der Waals surface area contributed by atoms with Crippen LogP contribution in [0.1, 0.15) is 0 Å². The summed E-state index contributed by atoms with van der Waals surface area (Å²) >= 11 is 3.46. The maximum Gasteiger partial charge on any atom is 0.251 e. The van der Waals surface area contributed by atoms with Crippen LogP contribution in [0.5, 0.6) is 0 Å². The van der Waals surface area contributed by atoms with Crippen LogP contribution in [-0.2, 0) is 7.05 Å². The predicted octanol–water partition coefficient (Wildman–Crippen LogP) is 3.58. The standard InChI is InChI=1S/C15H12BrN5O/c1-17-13-10-12(21(2)7-18-10)11-15(20-13)22-14(19-11)8-4-3-5-9(16)6-8/h3-7H,1-2H3,(H,17,20). The summed E-state index contributed by atoms with van der Waals surface area (Å²) in [6.45, 7) is 0. The number of pyridine rings is 1. The van der Waals surface area contributed by atoms with E-state index in [-0.39, 0.29) is 0 Å². The Kier molecular flexibility index (Phi) is 2.90. The molecule has 0 aliphatic heterocycles. The molecule has 0 amide bonds. The van der Waals surface area contributed by atoms with E-state index in [0.717, 1.165) is 21.1 Å². The van der Waals surface area contributed by atoms with Gasteiger partial charge in [-0.3, -0.25) is 0 Å². The maximum absolute atomic E-state index is 5.86. The van der Waals surface area contributed by atoms with Crippen molar-refractivity contribution < 1.29 is 4.42 Å². The molecule has 3 aromatic heterocycles. The predicted molar refractivity (Wildman–Crippen MR) is 88.8 cm³/mol. The van der Waals surface area contributed by atoms with Crippen molar-refractivity contribution in [2.45, 2.75) is 0 Å². The van der Waals surface area contributed by atoms with Gasteiger partial charge in [-0.25, -0.2) is 9.97 Å². The quantitative estimate of drug-likeness (QED) is 0.593. The van der Waals surface area contributed by atoms with Crippen molar-refractivity contribution in [2.75, 3.05) is 12.4 Å². The highest BCUT2D eigenvalue weighted by atomic mass is 79.9. The lowest BCUT2D eigenvalue weighted by Gasteiger charge is -2.00. The molecule has 4 aromatic rings. The summed E-state index contributed by atoms with van der Waals surface area (Å²) in [5.41, 5.74) is 3.79.